The van der Waals surface area contributed by atoms with Gasteiger partial charge in [0, 0.05) is 0 Å². The highest BCUT2D eigenvalue weighted by Gasteiger charge is 2.47. The average Bonchev–Trinajstić information content (AvgIpc) is 3.35. The first-order valence-corrected chi connectivity index (χ1v) is 13.5. The Balaban J connectivity index is 1.39. The molecule has 1 saturated carbocycles. The first-order valence-electron chi connectivity index (χ1n) is 10.7. The van der Waals surface area contributed by atoms with Crippen LogP contribution in [-0.2, 0) is 33.3 Å². The first kappa shape index (κ1) is 23.4. The smallest absolute Gasteiger partial charge is 0.296 e. The van der Waals surface area contributed by atoms with E-state index in [1.165, 1.54) is 24.3 Å². The van der Waals surface area contributed by atoms with E-state index in [1.807, 2.05) is 13.8 Å². The summed E-state index contributed by atoms with van der Waals surface area (Å²) in [4.78, 5) is 0.258. The maximum atomic E-state index is 12.6. The third-order valence-corrected chi connectivity index (χ3v) is 9.07. The van der Waals surface area contributed by atoms with Gasteiger partial charge < -0.3 is 4.74 Å². The summed E-state index contributed by atoms with van der Waals surface area (Å²) in [5.41, 5.74) is 1.93. The minimum atomic E-state index is -3.85. The van der Waals surface area contributed by atoms with Crippen LogP contribution in [0, 0.1) is 37.5 Å². The molecule has 0 radical (unpaired) electrons. The third-order valence-electron chi connectivity index (χ3n) is 6.48. The van der Waals surface area contributed by atoms with E-state index in [0.29, 0.717) is 19.6 Å². The van der Waals surface area contributed by atoms with Crippen LogP contribution in [0.2, 0.25) is 0 Å². The molecular formula is C23H28O7S2. The lowest BCUT2D eigenvalue weighted by atomic mass is 9.91. The number of hydrogen-bond donors (Lipinski definition) is 0. The highest BCUT2D eigenvalue weighted by Crippen LogP contribution is 2.46. The van der Waals surface area contributed by atoms with E-state index in [4.69, 9.17) is 13.1 Å². The Labute approximate surface area is 190 Å². The predicted molar refractivity (Wildman–Crippen MR) is 118 cm³/mol. The molecule has 0 N–H and O–H groups in total. The molecule has 4 atom stereocenters. The summed E-state index contributed by atoms with van der Waals surface area (Å²) in [5.74, 6) is 0.162. The van der Waals surface area contributed by atoms with Crippen LogP contribution in [-0.4, -0.2) is 43.3 Å². The van der Waals surface area contributed by atoms with Gasteiger partial charge in [-0.25, -0.2) is 0 Å². The van der Waals surface area contributed by atoms with Crippen molar-refractivity contribution in [2.75, 3.05) is 26.4 Å². The van der Waals surface area contributed by atoms with Gasteiger partial charge in [0.1, 0.15) is 0 Å². The van der Waals surface area contributed by atoms with Crippen molar-refractivity contribution in [2.45, 2.75) is 30.1 Å². The van der Waals surface area contributed by atoms with E-state index in [9.17, 15) is 16.8 Å². The fourth-order valence-corrected chi connectivity index (χ4v) is 6.50. The van der Waals surface area contributed by atoms with E-state index in [0.717, 1.165) is 11.1 Å². The highest BCUT2D eigenvalue weighted by atomic mass is 32.2. The molecule has 174 valence electrons. The monoisotopic (exact) mass is 480 g/mol. The van der Waals surface area contributed by atoms with Crippen molar-refractivity contribution in [3.05, 3.63) is 59.7 Å². The number of fused-ring (bicyclic) bond motifs is 1. The van der Waals surface area contributed by atoms with Crippen molar-refractivity contribution in [1.82, 2.24) is 0 Å². The largest absolute Gasteiger partial charge is 0.381 e. The molecule has 1 aliphatic heterocycles. The molecule has 0 aromatic heterocycles. The van der Waals surface area contributed by atoms with Crippen molar-refractivity contribution < 1.29 is 29.9 Å². The van der Waals surface area contributed by atoms with Gasteiger partial charge in [0.15, 0.2) is 0 Å². The molecule has 9 heteroatoms. The zero-order valence-electron chi connectivity index (χ0n) is 18.1. The van der Waals surface area contributed by atoms with Crippen molar-refractivity contribution in [1.29, 1.82) is 0 Å². The minimum Gasteiger partial charge on any atom is -0.381 e. The summed E-state index contributed by atoms with van der Waals surface area (Å²) in [6, 6.07) is 13.1. The number of aryl methyl sites for hydroxylation is 2. The standard InChI is InChI=1S/C23H28O7S2/c1-16-3-7-20(8-4-16)31(24,25)29-12-18-11-19(23-15-28-14-22(18)23)13-30-32(26,27)21-9-5-17(2)6-10-21/h3-10,18-19,22-23H,11-15H2,1-2H3/t18-,19+,22+,23-. The van der Waals surface area contributed by atoms with E-state index >= 15 is 0 Å². The number of hydrogen-bond acceptors (Lipinski definition) is 7. The lowest BCUT2D eigenvalue weighted by molar-refractivity contribution is 0.130. The molecule has 1 aliphatic carbocycles. The maximum absolute atomic E-state index is 12.6. The molecule has 2 aliphatic rings. The second-order valence-electron chi connectivity index (χ2n) is 8.72. The fraction of sp³-hybridized carbons (Fsp3) is 0.478. The Morgan fingerprint density at radius 3 is 1.47 bits per heavy atom. The second kappa shape index (κ2) is 9.23. The topological polar surface area (TPSA) is 96.0 Å². The number of benzene rings is 2. The van der Waals surface area contributed by atoms with E-state index in [1.54, 1.807) is 24.3 Å². The molecular weight excluding hydrogens is 452 g/mol. The van der Waals surface area contributed by atoms with Crippen LogP contribution < -0.4 is 0 Å². The van der Waals surface area contributed by atoms with Crippen LogP contribution in [0.4, 0.5) is 0 Å². The van der Waals surface area contributed by atoms with Crippen LogP contribution in [0.3, 0.4) is 0 Å². The average molecular weight is 481 g/mol. The molecule has 1 heterocycles. The van der Waals surface area contributed by atoms with Crippen molar-refractivity contribution in [2.24, 2.45) is 23.7 Å². The van der Waals surface area contributed by atoms with Crippen LogP contribution in [0.15, 0.2) is 58.3 Å². The minimum absolute atomic E-state index is 0.0431. The molecule has 0 bridgehead atoms. The summed E-state index contributed by atoms with van der Waals surface area (Å²) < 4.78 is 66.6. The Kier molecular flexibility index (Phi) is 6.74. The Morgan fingerprint density at radius 1 is 0.719 bits per heavy atom. The van der Waals surface area contributed by atoms with Gasteiger partial charge in [-0.1, -0.05) is 35.4 Å². The molecule has 0 amide bonds. The lowest BCUT2D eigenvalue weighted by Crippen LogP contribution is -2.22. The quantitative estimate of drug-likeness (QED) is 0.535. The highest BCUT2D eigenvalue weighted by molar-refractivity contribution is 7.87. The molecule has 0 unspecified atom stereocenters. The van der Waals surface area contributed by atoms with Crippen molar-refractivity contribution in [3.8, 4) is 0 Å². The normalized spacial score (nSPS) is 25.7. The molecule has 0 spiro atoms. The van der Waals surface area contributed by atoms with Gasteiger partial charge in [0.05, 0.1) is 36.2 Å². The zero-order valence-corrected chi connectivity index (χ0v) is 19.8. The van der Waals surface area contributed by atoms with Gasteiger partial charge in [-0.3, -0.25) is 8.37 Å². The van der Waals surface area contributed by atoms with Crippen molar-refractivity contribution >= 4 is 20.2 Å². The summed E-state index contributed by atoms with van der Waals surface area (Å²) in [6.45, 7) is 4.90. The molecule has 32 heavy (non-hydrogen) atoms. The molecule has 7 nitrogen and oxygen atoms in total. The summed E-state index contributed by atoms with van der Waals surface area (Å²) in [5, 5.41) is 0. The predicted octanol–water partition coefficient (Wildman–Crippen LogP) is 3.31. The van der Waals surface area contributed by atoms with Crippen LogP contribution in [0.5, 0.6) is 0 Å². The summed E-state index contributed by atoms with van der Waals surface area (Å²) in [6.07, 6.45) is 0.630. The van der Waals surface area contributed by atoms with Gasteiger partial charge in [0.2, 0.25) is 0 Å². The SMILES string of the molecule is Cc1ccc(S(=O)(=O)OC[C@@H]2C[C@H](COS(=O)(=O)c3ccc(C)cc3)[C@@H]3COC[C@H]23)cc1. The van der Waals surface area contributed by atoms with E-state index in [2.05, 4.69) is 0 Å². The number of rotatable bonds is 8. The zero-order chi connectivity index (χ0) is 22.9. The molecule has 4 rings (SSSR count). The summed E-state index contributed by atoms with van der Waals surface area (Å²) >= 11 is 0. The molecule has 1 saturated heterocycles. The maximum Gasteiger partial charge on any atom is 0.296 e. The Morgan fingerprint density at radius 2 is 1.09 bits per heavy atom. The Hall–Kier alpha value is -1.78. The van der Waals surface area contributed by atoms with Crippen LogP contribution in [0.25, 0.3) is 0 Å². The van der Waals surface area contributed by atoms with Gasteiger partial charge in [-0.15, -0.1) is 0 Å². The van der Waals surface area contributed by atoms with E-state index < -0.39 is 20.2 Å². The first-order chi connectivity index (χ1) is 15.2. The van der Waals surface area contributed by atoms with Gasteiger partial charge >= 0.3 is 0 Å². The van der Waals surface area contributed by atoms with Crippen LogP contribution in [0.1, 0.15) is 17.5 Å². The number of ether oxygens (including phenoxy) is 1. The van der Waals surface area contributed by atoms with Gasteiger partial charge in [-0.2, -0.15) is 16.8 Å². The Bertz CT molecular complexity index is 1050. The van der Waals surface area contributed by atoms with Gasteiger partial charge in [-0.05, 0) is 68.2 Å². The molecule has 2 aromatic carbocycles. The fourth-order valence-electron chi connectivity index (χ4n) is 4.58. The van der Waals surface area contributed by atoms with Gasteiger partial charge in [0.25, 0.3) is 20.2 Å². The summed E-state index contributed by atoms with van der Waals surface area (Å²) in [7, 11) is -7.71. The molecule has 2 fully saturated rings. The van der Waals surface area contributed by atoms with E-state index in [-0.39, 0.29) is 46.7 Å². The van der Waals surface area contributed by atoms with Crippen LogP contribution >= 0.6 is 0 Å². The molecule has 2 aromatic rings. The lowest BCUT2D eigenvalue weighted by Gasteiger charge is -2.17. The second-order valence-corrected chi connectivity index (χ2v) is 12.0. The van der Waals surface area contributed by atoms with Crippen molar-refractivity contribution in [3.63, 3.8) is 0 Å². The third kappa shape index (κ3) is 5.07.